The number of fused-ring (bicyclic) bond motifs is 1. The highest BCUT2D eigenvalue weighted by atomic mass is 35.5. The van der Waals surface area contributed by atoms with Crippen LogP contribution in [-0.2, 0) is 0 Å². The first-order valence-corrected chi connectivity index (χ1v) is 7.36. The summed E-state index contributed by atoms with van der Waals surface area (Å²) in [5.74, 6) is -1.53. The summed E-state index contributed by atoms with van der Waals surface area (Å²) in [4.78, 5) is 15.3. The number of amides is 1. The van der Waals surface area contributed by atoms with Crippen LogP contribution in [0.25, 0.3) is 10.9 Å². The first-order valence-electron chi connectivity index (χ1n) is 6.98. The number of hydrogen-bond donors (Lipinski definition) is 2. The van der Waals surface area contributed by atoms with Crippen molar-refractivity contribution in [3.8, 4) is 0 Å². The highest BCUT2D eigenvalue weighted by Gasteiger charge is 2.17. The Labute approximate surface area is 136 Å². The van der Waals surface area contributed by atoms with Gasteiger partial charge in [-0.3, -0.25) is 4.79 Å². The lowest BCUT2D eigenvalue weighted by molar-refractivity contribution is 0.0935. The predicted molar refractivity (Wildman–Crippen MR) is 85.5 cm³/mol. The van der Waals surface area contributed by atoms with Gasteiger partial charge in [-0.05, 0) is 49.4 Å². The molecular formula is C17H13ClF2N2O. The van der Waals surface area contributed by atoms with Crippen LogP contribution in [-0.4, -0.2) is 10.9 Å². The van der Waals surface area contributed by atoms with Gasteiger partial charge in [-0.15, -0.1) is 0 Å². The molecule has 23 heavy (non-hydrogen) atoms. The lowest BCUT2D eigenvalue weighted by Gasteiger charge is -2.14. The van der Waals surface area contributed by atoms with Crippen LogP contribution in [0.2, 0.25) is 5.02 Å². The van der Waals surface area contributed by atoms with Gasteiger partial charge in [0.1, 0.15) is 17.3 Å². The Morgan fingerprint density at radius 2 is 1.96 bits per heavy atom. The highest BCUT2D eigenvalue weighted by molar-refractivity contribution is 6.31. The monoisotopic (exact) mass is 334 g/mol. The van der Waals surface area contributed by atoms with Crippen molar-refractivity contribution in [2.75, 3.05) is 0 Å². The maximum atomic E-state index is 13.7. The molecule has 1 heterocycles. The summed E-state index contributed by atoms with van der Waals surface area (Å²) >= 11 is 5.91. The Bertz CT molecular complexity index is 891. The second-order valence-corrected chi connectivity index (χ2v) is 5.71. The van der Waals surface area contributed by atoms with Crippen molar-refractivity contribution < 1.29 is 13.6 Å². The number of halogens is 3. The molecule has 0 aliphatic heterocycles. The Hall–Kier alpha value is -2.40. The Morgan fingerprint density at radius 1 is 1.17 bits per heavy atom. The molecule has 1 atom stereocenters. The Balaban J connectivity index is 1.83. The van der Waals surface area contributed by atoms with Gasteiger partial charge in [0, 0.05) is 21.5 Å². The largest absolute Gasteiger partial charge is 0.351 e. The number of aromatic amines is 1. The summed E-state index contributed by atoms with van der Waals surface area (Å²) in [7, 11) is 0. The van der Waals surface area contributed by atoms with Crippen LogP contribution in [0, 0.1) is 11.6 Å². The van der Waals surface area contributed by atoms with Crippen LogP contribution in [0.5, 0.6) is 0 Å². The smallest absolute Gasteiger partial charge is 0.268 e. The van der Waals surface area contributed by atoms with Gasteiger partial charge in [-0.2, -0.15) is 0 Å². The van der Waals surface area contributed by atoms with Gasteiger partial charge in [0.2, 0.25) is 0 Å². The van der Waals surface area contributed by atoms with Crippen molar-refractivity contribution in [2.24, 2.45) is 0 Å². The first kappa shape index (κ1) is 15.5. The summed E-state index contributed by atoms with van der Waals surface area (Å²) in [6.07, 6.45) is 0. The maximum Gasteiger partial charge on any atom is 0.268 e. The third-order valence-corrected chi connectivity index (χ3v) is 3.83. The van der Waals surface area contributed by atoms with Crippen molar-refractivity contribution >= 4 is 28.4 Å². The third-order valence-electron chi connectivity index (χ3n) is 3.60. The van der Waals surface area contributed by atoms with Crippen LogP contribution >= 0.6 is 11.6 Å². The van der Waals surface area contributed by atoms with Crippen LogP contribution in [0.4, 0.5) is 8.78 Å². The number of rotatable bonds is 3. The summed E-state index contributed by atoms with van der Waals surface area (Å²) < 4.78 is 27.0. The standard InChI is InChI=1S/C17H13ClF2N2O/c1-9(13-8-12(19)3-4-14(13)20)21-17(23)16-7-10-6-11(18)2-5-15(10)22-16/h2-9,22H,1H3,(H,21,23). The van der Waals surface area contributed by atoms with E-state index in [0.29, 0.717) is 10.7 Å². The molecule has 3 rings (SSSR count). The average molecular weight is 335 g/mol. The molecule has 6 heteroatoms. The molecule has 0 aliphatic rings. The van der Waals surface area contributed by atoms with Crippen LogP contribution < -0.4 is 5.32 Å². The predicted octanol–water partition coefficient (Wildman–Crippen LogP) is 4.59. The average Bonchev–Trinajstić information content (AvgIpc) is 2.92. The minimum atomic E-state index is -0.673. The molecule has 1 unspecified atom stereocenters. The van der Waals surface area contributed by atoms with Gasteiger partial charge in [-0.25, -0.2) is 8.78 Å². The topological polar surface area (TPSA) is 44.9 Å². The second-order valence-electron chi connectivity index (χ2n) is 5.28. The van der Waals surface area contributed by atoms with Crippen molar-refractivity contribution in [1.29, 1.82) is 0 Å². The molecule has 2 aromatic carbocycles. The highest BCUT2D eigenvalue weighted by Crippen LogP contribution is 2.22. The molecule has 0 aliphatic carbocycles. The molecule has 1 aromatic heterocycles. The van der Waals surface area contributed by atoms with Crippen LogP contribution in [0.15, 0.2) is 42.5 Å². The third kappa shape index (κ3) is 3.19. The number of H-pyrrole nitrogens is 1. The van der Waals surface area contributed by atoms with Crippen molar-refractivity contribution in [3.63, 3.8) is 0 Å². The second kappa shape index (κ2) is 6.01. The molecule has 3 aromatic rings. The van der Waals surface area contributed by atoms with E-state index in [0.717, 1.165) is 29.1 Å². The zero-order valence-electron chi connectivity index (χ0n) is 12.2. The summed E-state index contributed by atoms with van der Waals surface area (Å²) in [6, 6.07) is 9.36. The van der Waals surface area contributed by atoms with E-state index in [-0.39, 0.29) is 5.56 Å². The van der Waals surface area contributed by atoms with E-state index in [9.17, 15) is 13.6 Å². The molecular weight excluding hydrogens is 322 g/mol. The first-order chi connectivity index (χ1) is 10.9. The van der Waals surface area contributed by atoms with Gasteiger partial charge in [-0.1, -0.05) is 11.6 Å². The van der Waals surface area contributed by atoms with Crippen molar-refractivity contribution in [3.05, 3.63) is 70.4 Å². The minimum Gasteiger partial charge on any atom is -0.351 e. The fourth-order valence-electron chi connectivity index (χ4n) is 2.42. The molecule has 0 spiro atoms. The molecule has 118 valence electrons. The molecule has 0 fully saturated rings. The number of carbonyl (C=O) groups excluding carboxylic acids is 1. The van der Waals surface area contributed by atoms with Gasteiger partial charge < -0.3 is 10.3 Å². The number of carbonyl (C=O) groups is 1. The van der Waals surface area contributed by atoms with E-state index < -0.39 is 23.6 Å². The molecule has 2 N–H and O–H groups in total. The Kier molecular flexibility index (Phi) is 4.05. The van der Waals surface area contributed by atoms with E-state index >= 15 is 0 Å². The Morgan fingerprint density at radius 3 is 2.74 bits per heavy atom. The quantitative estimate of drug-likeness (QED) is 0.723. The summed E-state index contributed by atoms with van der Waals surface area (Å²) in [5.41, 5.74) is 1.19. The van der Waals surface area contributed by atoms with Gasteiger partial charge >= 0.3 is 0 Å². The summed E-state index contributed by atoms with van der Waals surface area (Å²) in [6.45, 7) is 1.59. The van der Waals surface area contributed by atoms with Crippen LogP contribution in [0.1, 0.15) is 29.0 Å². The SMILES string of the molecule is CC(NC(=O)c1cc2cc(Cl)ccc2[nH]1)c1cc(F)ccc1F. The van der Waals surface area contributed by atoms with Gasteiger partial charge in [0.15, 0.2) is 0 Å². The fourth-order valence-corrected chi connectivity index (χ4v) is 2.60. The minimum absolute atomic E-state index is 0.0949. The van der Waals surface area contributed by atoms with E-state index in [4.69, 9.17) is 11.6 Å². The normalized spacial score (nSPS) is 12.3. The number of aromatic nitrogens is 1. The van der Waals surface area contributed by atoms with Gasteiger partial charge in [0.25, 0.3) is 5.91 Å². The lowest BCUT2D eigenvalue weighted by atomic mass is 10.1. The van der Waals surface area contributed by atoms with E-state index in [2.05, 4.69) is 10.3 Å². The van der Waals surface area contributed by atoms with E-state index in [1.54, 1.807) is 31.2 Å². The zero-order valence-corrected chi connectivity index (χ0v) is 12.9. The maximum absolute atomic E-state index is 13.7. The number of nitrogens with one attached hydrogen (secondary N) is 2. The van der Waals surface area contributed by atoms with E-state index in [1.165, 1.54) is 0 Å². The molecule has 0 saturated carbocycles. The number of benzene rings is 2. The van der Waals surface area contributed by atoms with E-state index in [1.807, 2.05) is 0 Å². The van der Waals surface area contributed by atoms with Gasteiger partial charge in [0.05, 0.1) is 6.04 Å². The van der Waals surface area contributed by atoms with Crippen LogP contribution in [0.3, 0.4) is 0 Å². The van der Waals surface area contributed by atoms with Crippen molar-refractivity contribution in [2.45, 2.75) is 13.0 Å². The molecule has 3 nitrogen and oxygen atoms in total. The summed E-state index contributed by atoms with van der Waals surface area (Å²) in [5, 5.41) is 4.01. The fraction of sp³-hybridized carbons (Fsp3) is 0.118. The zero-order chi connectivity index (χ0) is 16.6. The number of hydrogen-bond acceptors (Lipinski definition) is 1. The molecule has 1 amide bonds. The molecule has 0 bridgehead atoms. The van der Waals surface area contributed by atoms with Crippen molar-refractivity contribution in [1.82, 2.24) is 10.3 Å². The lowest BCUT2D eigenvalue weighted by Crippen LogP contribution is -2.27. The molecule has 0 saturated heterocycles. The molecule has 0 radical (unpaired) electrons.